The highest BCUT2D eigenvalue weighted by Gasteiger charge is 2.17. The molecule has 0 fully saturated rings. The van der Waals surface area contributed by atoms with Gasteiger partial charge in [0.05, 0.1) is 5.56 Å². The largest absolute Gasteiger partial charge is 0.478 e. The van der Waals surface area contributed by atoms with Crippen LogP contribution in [0, 0.1) is 0 Å². The van der Waals surface area contributed by atoms with Crippen molar-refractivity contribution in [3.05, 3.63) is 42.0 Å². The van der Waals surface area contributed by atoms with Crippen molar-refractivity contribution < 1.29 is 9.90 Å². The summed E-state index contributed by atoms with van der Waals surface area (Å²) < 4.78 is 0. The second kappa shape index (κ2) is 7.29. The van der Waals surface area contributed by atoms with E-state index in [0.717, 1.165) is 16.0 Å². The number of carboxylic acids is 1. The molecule has 0 heterocycles. The lowest BCUT2D eigenvalue weighted by Crippen LogP contribution is -2.00. The van der Waals surface area contributed by atoms with Crippen LogP contribution < -0.4 is 0 Å². The van der Waals surface area contributed by atoms with E-state index in [-0.39, 0.29) is 0 Å². The standard InChI is InChI=1S/C16H16O2S3/c1-19-13-9-8-11(14(20-2)15(13)21-3)10-6-4-5-7-12(10)16(17)18/h4-9H,1-3H3,(H,17,18). The van der Waals surface area contributed by atoms with Crippen molar-refractivity contribution in [3.8, 4) is 11.1 Å². The van der Waals surface area contributed by atoms with Crippen LogP contribution in [0.1, 0.15) is 10.4 Å². The van der Waals surface area contributed by atoms with Gasteiger partial charge in [-0.25, -0.2) is 4.79 Å². The second-order valence-corrected chi connectivity index (χ2v) is 6.71. The van der Waals surface area contributed by atoms with Crippen LogP contribution in [0.4, 0.5) is 0 Å². The predicted octanol–water partition coefficient (Wildman–Crippen LogP) is 5.22. The summed E-state index contributed by atoms with van der Waals surface area (Å²) in [4.78, 5) is 15.0. The summed E-state index contributed by atoms with van der Waals surface area (Å²) in [6.45, 7) is 0. The molecule has 21 heavy (non-hydrogen) atoms. The minimum atomic E-state index is -0.891. The third-order valence-corrected chi connectivity index (χ3v) is 5.85. The maximum atomic E-state index is 11.5. The SMILES string of the molecule is CSc1ccc(-c2ccccc2C(=O)O)c(SC)c1SC. The zero-order chi connectivity index (χ0) is 15.4. The Labute approximate surface area is 137 Å². The lowest BCUT2D eigenvalue weighted by atomic mass is 10.00. The molecule has 0 unspecified atom stereocenters. The highest BCUT2D eigenvalue weighted by molar-refractivity contribution is 8.03. The molecule has 0 saturated heterocycles. The maximum absolute atomic E-state index is 11.5. The van der Waals surface area contributed by atoms with E-state index >= 15 is 0 Å². The fraction of sp³-hybridized carbons (Fsp3) is 0.188. The summed E-state index contributed by atoms with van der Waals surface area (Å²) in [5.74, 6) is -0.891. The summed E-state index contributed by atoms with van der Waals surface area (Å²) in [5, 5.41) is 9.40. The van der Waals surface area contributed by atoms with Crippen molar-refractivity contribution in [1.29, 1.82) is 0 Å². The Balaban J connectivity index is 2.73. The first-order valence-corrected chi connectivity index (χ1v) is 9.93. The Morgan fingerprint density at radius 3 is 2.10 bits per heavy atom. The lowest BCUT2D eigenvalue weighted by Gasteiger charge is -2.16. The summed E-state index contributed by atoms with van der Waals surface area (Å²) >= 11 is 5.08. The molecule has 1 N–H and O–H groups in total. The van der Waals surface area contributed by atoms with Gasteiger partial charge in [0.25, 0.3) is 0 Å². The number of hydrogen-bond acceptors (Lipinski definition) is 4. The van der Waals surface area contributed by atoms with E-state index < -0.39 is 5.97 Å². The van der Waals surface area contributed by atoms with Crippen LogP contribution >= 0.6 is 35.3 Å². The summed E-state index contributed by atoms with van der Waals surface area (Å²) in [6.07, 6.45) is 6.15. The Kier molecular flexibility index (Phi) is 5.67. The second-order valence-electron chi connectivity index (χ2n) is 4.23. The van der Waals surface area contributed by atoms with Gasteiger partial charge in [0.15, 0.2) is 0 Å². The van der Waals surface area contributed by atoms with Crippen LogP contribution in [0.5, 0.6) is 0 Å². The number of rotatable bonds is 5. The minimum absolute atomic E-state index is 0.344. The average Bonchev–Trinajstić information content (AvgIpc) is 2.53. The van der Waals surface area contributed by atoms with Crippen LogP contribution in [-0.2, 0) is 0 Å². The number of carbonyl (C=O) groups is 1. The normalized spacial score (nSPS) is 10.6. The Bertz CT molecular complexity index is 669. The van der Waals surface area contributed by atoms with E-state index in [0.29, 0.717) is 5.56 Å². The lowest BCUT2D eigenvalue weighted by molar-refractivity contribution is 0.0697. The molecule has 0 aliphatic heterocycles. The van der Waals surface area contributed by atoms with Crippen LogP contribution in [0.3, 0.4) is 0 Å². The first kappa shape index (κ1) is 16.3. The molecule has 0 aromatic heterocycles. The summed E-state index contributed by atoms with van der Waals surface area (Å²) in [7, 11) is 0. The van der Waals surface area contributed by atoms with Crippen molar-refractivity contribution in [3.63, 3.8) is 0 Å². The topological polar surface area (TPSA) is 37.3 Å². The van der Waals surface area contributed by atoms with E-state index in [1.807, 2.05) is 24.5 Å². The van der Waals surface area contributed by atoms with E-state index in [2.05, 4.69) is 18.6 Å². The molecule has 0 atom stereocenters. The van der Waals surface area contributed by atoms with E-state index in [4.69, 9.17) is 0 Å². The fourth-order valence-electron chi connectivity index (χ4n) is 2.22. The average molecular weight is 337 g/mol. The monoisotopic (exact) mass is 336 g/mol. The van der Waals surface area contributed by atoms with Gasteiger partial charge in [-0.1, -0.05) is 24.3 Å². The Morgan fingerprint density at radius 1 is 0.857 bits per heavy atom. The molecule has 2 aromatic rings. The van der Waals surface area contributed by atoms with Gasteiger partial charge in [0.1, 0.15) is 0 Å². The molecule has 0 aliphatic rings. The molecule has 2 rings (SSSR count). The molecule has 0 aliphatic carbocycles. The molecule has 5 heteroatoms. The fourth-order valence-corrected chi connectivity index (χ4v) is 5.03. The maximum Gasteiger partial charge on any atom is 0.336 e. The molecule has 0 amide bonds. The van der Waals surface area contributed by atoms with E-state index in [1.165, 1.54) is 9.79 Å². The van der Waals surface area contributed by atoms with Crippen LogP contribution in [0.15, 0.2) is 51.1 Å². The smallest absolute Gasteiger partial charge is 0.336 e. The van der Waals surface area contributed by atoms with E-state index in [1.54, 1.807) is 47.4 Å². The van der Waals surface area contributed by atoms with Crippen molar-refractivity contribution >= 4 is 41.3 Å². The Morgan fingerprint density at radius 2 is 1.52 bits per heavy atom. The number of thioether (sulfide) groups is 3. The molecular weight excluding hydrogens is 320 g/mol. The Hall–Kier alpha value is -1.04. The predicted molar refractivity (Wildman–Crippen MR) is 94.2 cm³/mol. The number of benzene rings is 2. The summed E-state index contributed by atoms with van der Waals surface area (Å²) in [6, 6.07) is 11.3. The highest BCUT2D eigenvalue weighted by atomic mass is 32.2. The van der Waals surface area contributed by atoms with Crippen molar-refractivity contribution in [2.75, 3.05) is 18.8 Å². The van der Waals surface area contributed by atoms with Gasteiger partial charge in [0, 0.05) is 14.7 Å². The van der Waals surface area contributed by atoms with Crippen molar-refractivity contribution in [2.24, 2.45) is 0 Å². The third-order valence-electron chi connectivity index (χ3n) is 3.15. The number of aromatic carboxylic acids is 1. The molecule has 0 saturated carbocycles. The first-order chi connectivity index (χ1) is 10.1. The molecular formula is C16H16O2S3. The molecule has 0 bridgehead atoms. The zero-order valence-corrected chi connectivity index (χ0v) is 14.5. The quantitative estimate of drug-likeness (QED) is 0.758. The van der Waals surface area contributed by atoms with Crippen molar-refractivity contribution in [2.45, 2.75) is 14.7 Å². The van der Waals surface area contributed by atoms with Gasteiger partial charge in [-0.15, -0.1) is 35.3 Å². The summed E-state index contributed by atoms with van der Waals surface area (Å²) in [5.41, 5.74) is 2.11. The van der Waals surface area contributed by atoms with Gasteiger partial charge in [-0.05, 0) is 42.0 Å². The molecule has 110 valence electrons. The van der Waals surface area contributed by atoms with E-state index in [9.17, 15) is 9.90 Å². The van der Waals surface area contributed by atoms with Gasteiger partial charge in [0.2, 0.25) is 0 Å². The molecule has 0 spiro atoms. The third kappa shape index (κ3) is 3.25. The first-order valence-electron chi connectivity index (χ1n) is 6.25. The van der Waals surface area contributed by atoms with Crippen LogP contribution in [0.2, 0.25) is 0 Å². The number of carboxylic acid groups (broad SMARTS) is 1. The molecule has 2 aromatic carbocycles. The van der Waals surface area contributed by atoms with Gasteiger partial charge >= 0.3 is 5.97 Å². The molecule has 2 nitrogen and oxygen atoms in total. The zero-order valence-electron chi connectivity index (χ0n) is 12.0. The van der Waals surface area contributed by atoms with Gasteiger partial charge in [-0.2, -0.15) is 0 Å². The van der Waals surface area contributed by atoms with Crippen molar-refractivity contribution in [1.82, 2.24) is 0 Å². The van der Waals surface area contributed by atoms with Gasteiger partial charge in [-0.3, -0.25) is 0 Å². The number of hydrogen-bond donors (Lipinski definition) is 1. The minimum Gasteiger partial charge on any atom is -0.478 e. The van der Waals surface area contributed by atoms with Crippen LogP contribution in [-0.4, -0.2) is 29.8 Å². The molecule has 0 radical (unpaired) electrons. The highest BCUT2D eigenvalue weighted by Crippen LogP contribution is 2.43. The van der Waals surface area contributed by atoms with Crippen LogP contribution in [0.25, 0.3) is 11.1 Å². The van der Waals surface area contributed by atoms with Gasteiger partial charge < -0.3 is 5.11 Å².